The summed E-state index contributed by atoms with van der Waals surface area (Å²) in [4.78, 5) is 0. The Morgan fingerprint density at radius 3 is 2.46 bits per heavy atom. The first-order valence-electron chi connectivity index (χ1n) is 5.03. The van der Waals surface area contributed by atoms with E-state index in [1.807, 2.05) is 12.1 Å². The minimum atomic E-state index is 0.415. The highest BCUT2D eigenvalue weighted by molar-refractivity contribution is 6.31. The van der Waals surface area contributed by atoms with Crippen molar-refractivity contribution in [3.8, 4) is 0 Å². The van der Waals surface area contributed by atoms with Gasteiger partial charge in [0.25, 0.3) is 0 Å². The van der Waals surface area contributed by atoms with E-state index in [1.165, 1.54) is 31.2 Å². The van der Waals surface area contributed by atoms with Crippen LogP contribution >= 0.6 is 11.6 Å². The van der Waals surface area contributed by atoms with E-state index in [-0.39, 0.29) is 0 Å². The fraction of sp³-hybridized carbons (Fsp3) is 0.500. The Bertz CT molecular complexity index is 294. The highest BCUT2D eigenvalue weighted by Gasteiger charge is 2.37. The van der Waals surface area contributed by atoms with E-state index in [0.717, 1.165) is 5.02 Å². The SMILES string of the molecule is CCC1(c2ccccc2Cl)CCC1. The quantitative estimate of drug-likeness (QED) is 0.663. The van der Waals surface area contributed by atoms with Crippen LogP contribution in [0.5, 0.6) is 0 Å². The van der Waals surface area contributed by atoms with Crippen molar-refractivity contribution in [2.75, 3.05) is 0 Å². The molecule has 2 rings (SSSR count). The molecule has 1 aliphatic rings. The molecule has 0 aliphatic heterocycles. The third kappa shape index (κ3) is 1.38. The van der Waals surface area contributed by atoms with Crippen LogP contribution in [-0.2, 0) is 5.41 Å². The average Bonchev–Trinajstić information content (AvgIpc) is 2.07. The van der Waals surface area contributed by atoms with Crippen LogP contribution in [0.15, 0.2) is 24.3 Å². The first-order chi connectivity index (χ1) is 6.28. The molecule has 0 radical (unpaired) electrons. The predicted molar refractivity (Wildman–Crippen MR) is 57.3 cm³/mol. The van der Waals surface area contributed by atoms with Crippen molar-refractivity contribution >= 4 is 11.6 Å². The lowest BCUT2D eigenvalue weighted by Gasteiger charge is -2.42. The van der Waals surface area contributed by atoms with E-state index in [4.69, 9.17) is 11.6 Å². The molecular formula is C12H15Cl. The molecule has 0 saturated heterocycles. The molecule has 0 aromatic heterocycles. The van der Waals surface area contributed by atoms with Crippen LogP contribution in [0.2, 0.25) is 5.02 Å². The summed E-state index contributed by atoms with van der Waals surface area (Å²) in [5.74, 6) is 0. The van der Waals surface area contributed by atoms with Crippen molar-refractivity contribution in [3.63, 3.8) is 0 Å². The van der Waals surface area contributed by atoms with Gasteiger partial charge in [-0.15, -0.1) is 0 Å². The van der Waals surface area contributed by atoms with Crippen molar-refractivity contribution in [2.24, 2.45) is 0 Å². The number of benzene rings is 1. The normalized spacial score (nSPS) is 19.5. The Morgan fingerprint density at radius 2 is 2.00 bits per heavy atom. The molecule has 1 aromatic carbocycles. The zero-order valence-electron chi connectivity index (χ0n) is 8.02. The molecule has 0 N–H and O–H groups in total. The van der Waals surface area contributed by atoms with Crippen LogP contribution < -0.4 is 0 Å². The summed E-state index contributed by atoms with van der Waals surface area (Å²) in [6.07, 6.45) is 5.20. The van der Waals surface area contributed by atoms with Gasteiger partial charge in [-0.1, -0.05) is 43.1 Å². The Labute approximate surface area is 84.9 Å². The van der Waals surface area contributed by atoms with Gasteiger partial charge in [-0.25, -0.2) is 0 Å². The van der Waals surface area contributed by atoms with Gasteiger partial charge in [0, 0.05) is 5.02 Å². The minimum Gasteiger partial charge on any atom is -0.0840 e. The smallest absolute Gasteiger partial charge is 0.0443 e. The van der Waals surface area contributed by atoms with Gasteiger partial charge in [-0.05, 0) is 36.3 Å². The summed E-state index contributed by atoms with van der Waals surface area (Å²) in [5.41, 5.74) is 1.78. The largest absolute Gasteiger partial charge is 0.0840 e. The standard InChI is InChI=1S/C12H15Cl/c1-2-12(8-5-9-12)10-6-3-4-7-11(10)13/h3-4,6-7H,2,5,8-9H2,1H3. The van der Waals surface area contributed by atoms with Gasteiger partial charge < -0.3 is 0 Å². The third-order valence-electron chi connectivity index (χ3n) is 3.43. The summed E-state index contributed by atoms with van der Waals surface area (Å²) < 4.78 is 0. The molecule has 1 saturated carbocycles. The van der Waals surface area contributed by atoms with Crippen molar-refractivity contribution in [1.29, 1.82) is 0 Å². The van der Waals surface area contributed by atoms with Crippen LogP contribution in [0.4, 0.5) is 0 Å². The van der Waals surface area contributed by atoms with Crippen molar-refractivity contribution in [2.45, 2.75) is 38.0 Å². The van der Waals surface area contributed by atoms with Gasteiger partial charge in [0.15, 0.2) is 0 Å². The predicted octanol–water partition coefficient (Wildman–Crippen LogP) is 4.17. The maximum absolute atomic E-state index is 6.20. The Kier molecular flexibility index (Phi) is 2.33. The molecule has 0 bridgehead atoms. The molecule has 0 amide bonds. The molecule has 0 nitrogen and oxygen atoms in total. The topological polar surface area (TPSA) is 0 Å². The van der Waals surface area contributed by atoms with E-state index in [0.29, 0.717) is 5.41 Å². The lowest BCUT2D eigenvalue weighted by molar-refractivity contribution is 0.235. The summed E-state index contributed by atoms with van der Waals surface area (Å²) >= 11 is 6.20. The molecular weight excluding hydrogens is 180 g/mol. The number of halogens is 1. The molecule has 1 aliphatic carbocycles. The number of hydrogen-bond acceptors (Lipinski definition) is 0. The van der Waals surface area contributed by atoms with Crippen molar-refractivity contribution in [1.82, 2.24) is 0 Å². The maximum Gasteiger partial charge on any atom is 0.0443 e. The summed E-state index contributed by atoms with van der Waals surface area (Å²) in [7, 11) is 0. The Balaban J connectivity index is 2.38. The van der Waals surface area contributed by atoms with E-state index < -0.39 is 0 Å². The second kappa shape index (κ2) is 3.34. The van der Waals surface area contributed by atoms with E-state index in [9.17, 15) is 0 Å². The molecule has 1 aromatic rings. The number of hydrogen-bond donors (Lipinski definition) is 0. The van der Waals surface area contributed by atoms with Gasteiger partial charge in [-0.3, -0.25) is 0 Å². The molecule has 0 spiro atoms. The van der Waals surface area contributed by atoms with Crippen LogP contribution in [0.1, 0.15) is 38.2 Å². The Hall–Kier alpha value is -0.490. The van der Waals surface area contributed by atoms with Crippen molar-refractivity contribution < 1.29 is 0 Å². The van der Waals surface area contributed by atoms with E-state index in [1.54, 1.807) is 0 Å². The van der Waals surface area contributed by atoms with Crippen LogP contribution in [0, 0.1) is 0 Å². The summed E-state index contributed by atoms with van der Waals surface area (Å²) in [5, 5.41) is 0.948. The molecule has 1 fully saturated rings. The van der Waals surface area contributed by atoms with E-state index in [2.05, 4.69) is 19.1 Å². The van der Waals surface area contributed by atoms with E-state index >= 15 is 0 Å². The fourth-order valence-corrected chi connectivity index (χ4v) is 2.64. The summed E-state index contributed by atoms with van der Waals surface area (Å²) in [6, 6.07) is 8.29. The van der Waals surface area contributed by atoms with Crippen LogP contribution in [-0.4, -0.2) is 0 Å². The van der Waals surface area contributed by atoms with Gasteiger partial charge in [0.05, 0.1) is 0 Å². The second-order valence-corrected chi connectivity index (χ2v) is 4.37. The molecule has 70 valence electrons. The van der Waals surface area contributed by atoms with Crippen LogP contribution in [0.3, 0.4) is 0 Å². The summed E-state index contributed by atoms with van der Waals surface area (Å²) in [6.45, 7) is 2.27. The van der Waals surface area contributed by atoms with Gasteiger partial charge >= 0.3 is 0 Å². The highest BCUT2D eigenvalue weighted by Crippen LogP contribution is 2.48. The number of rotatable bonds is 2. The zero-order valence-corrected chi connectivity index (χ0v) is 8.77. The van der Waals surface area contributed by atoms with Gasteiger partial charge in [0.2, 0.25) is 0 Å². The molecule has 1 heteroatoms. The minimum absolute atomic E-state index is 0.415. The third-order valence-corrected chi connectivity index (χ3v) is 3.76. The molecule has 13 heavy (non-hydrogen) atoms. The second-order valence-electron chi connectivity index (χ2n) is 3.97. The van der Waals surface area contributed by atoms with Gasteiger partial charge in [0.1, 0.15) is 0 Å². The highest BCUT2D eigenvalue weighted by atomic mass is 35.5. The maximum atomic E-state index is 6.20. The Morgan fingerprint density at radius 1 is 1.31 bits per heavy atom. The molecule has 0 unspecified atom stereocenters. The first-order valence-corrected chi connectivity index (χ1v) is 5.41. The molecule has 0 heterocycles. The fourth-order valence-electron chi connectivity index (χ4n) is 2.31. The molecule has 0 atom stereocenters. The van der Waals surface area contributed by atoms with Gasteiger partial charge in [-0.2, -0.15) is 0 Å². The van der Waals surface area contributed by atoms with Crippen LogP contribution in [0.25, 0.3) is 0 Å². The monoisotopic (exact) mass is 194 g/mol. The lowest BCUT2D eigenvalue weighted by atomic mass is 9.63. The lowest BCUT2D eigenvalue weighted by Crippen LogP contribution is -2.33. The zero-order chi connectivity index (χ0) is 9.31. The average molecular weight is 195 g/mol. The van der Waals surface area contributed by atoms with Crippen molar-refractivity contribution in [3.05, 3.63) is 34.9 Å². The first kappa shape index (κ1) is 9.08.